The van der Waals surface area contributed by atoms with Crippen LogP contribution in [-0.4, -0.2) is 22.8 Å². The lowest BCUT2D eigenvalue weighted by molar-refractivity contribution is 0.580. The van der Waals surface area contributed by atoms with E-state index in [0.717, 1.165) is 13.9 Å². The summed E-state index contributed by atoms with van der Waals surface area (Å²) in [5.74, 6) is 0. The number of para-hydroxylation sites is 1. The zero-order chi connectivity index (χ0) is 16.0. The van der Waals surface area contributed by atoms with E-state index in [1.165, 1.54) is 0 Å². The van der Waals surface area contributed by atoms with Crippen LogP contribution in [0.3, 0.4) is 0 Å². The second-order valence-electron chi connectivity index (χ2n) is 5.02. The molecule has 7 heteroatoms. The number of rotatable bonds is 2. The molecule has 23 heavy (non-hydrogen) atoms. The smallest absolute Gasteiger partial charge is 0.199 e. The van der Waals surface area contributed by atoms with Crippen LogP contribution in [0.1, 0.15) is 0 Å². The van der Waals surface area contributed by atoms with E-state index in [2.05, 4.69) is 26.2 Å². The predicted octanol–water partition coefficient (Wildman–Crippen LogP) is 3.58. The molecule has 1 aromatic heterocycles. The molecule has 0 aliphatic carbocycles. The van der Waals surface area contributed by atoms with E-state index in [1.807, 2.05) is 18.2 Å². The van der Waals surface area contributed by atoms with Crippen molar-refractivity contribution in [3.63, 3.8) is 0 Å². The van der Waals surface area contributed by atoms with Gasteiger partial charge in [-0.05, 0) is 29.7 Å². The zero-order valence-corrected chi connectivity index (χ0v) is 14.1. The first-order valence-corrected chi connectivity index (χ1v) is 9.05. The minimum atomic E-state index is -3.84. The first-order chi connectivity index (χ1) is 11.1. The first kappa shape index (κ1) is 14.3. The van der Waals surface area contributed by atoms with Gasteiger partial charge in [-0.2, -0.15) is 8.42 Å². The number of halogens is 1. The summed E-state index contributed by atoms with van der Waals surface area (Å²) in [6.45, 7) is 0. The molecule has 114 valence electrons. The molecule has 0 aliphatic heterocycles. The molecule has 1 heterocycles. The maximum Gasteiger partial charge on any atom is 0.285 e. The van der Waals surface area contributed by atoms with Crippen molar-refractivity contribution in [3.8, 4) is 0 Å². The molecule has 5 nitrogen and oxygen atoms in total. The maximum atomic E-state index is 13.1. The summed E-state index contributed by atoms with van der Waals surface area (Å²) in [6.07, 6.45) is 0. The fraction of sp³-hybridized carbons (Fsp3) is 0. The molecule has 0 fully saturated rings. The molecular weight excluding hydrogens is 378 g/mol. The number of benzene rings is 3. The number of aromatic nitrogens is 3. The van der Waals surface area contributed by atoms with Crippen LogP contribution in [0.15, 0.2) is 70.0 Å². The fourth-order valence-electron chi connectivity index (χ4n) is 2.58. The van der Waals surface area contributed by atoms with Crippen molar-refractivity contribution in [3.05, 3.63) is 65.1 Å². The monoisotopic (exact) mass is 387 g/mol. The highest BCUT2D eigenvalue weighted by molar-refractivity contribution is 9.10. The molecule has 0 saturated heterocycles. The normalized spacial score (nSPS) is 12.0. The SMILES string of the molecule is O=S(=O)(c1ccc(Br)c2ccccc12)n1nnc2ccccc21. The largest absolute Gasteiger partial charge is 0.285 e. The summed E-state index contributed by atoms with van der Waals surface area (Å²) in [4.78, 5) is 0.201. The van der Waals surface area contributed by atoms with E-state index in [9.17, 15) is 8.42 Å². The van der Waals surface area contributed by atoms with Crippen LogP contribution in [0.5, 0.6) is 0 Å². The molecule has 0 atom stereocenters. The highest BCUT2D eigenvalue weighted by Crippen LogP contribution is 2.31. The summed E-state index contributed by atoms with van der Waals surface area (Å²) in [6, 6.07) is 17.6. The number of nitrogens with zero attached hydrogens (tertiary/aromatic N) is 3. The Bertz CT molecular complexity index is 1150. The van der Waals surface area contributed by atoms with Crippen LogP contribution in [0.4, 0.5) is 0 Å². The second kappa shape index (κ2) is 5.14. The van der Waals surface area contributed by atoms with Crippen molar-refractivity contribution in [2.45, 2.75) is 4.90 Å². The van der Waals surface area contributed by atoms with Crippen molar-refractivity contribution >= 4 is 47.8 Å². The standard InChI is InChI=1S/C16H10BrN3O2S/c17-13-9-10-16(12-6-2-1-5-11(12)13)23(21,22)20-15-8-4-3-7-14(15)18-19-20/h1-10H. The Balaban J connectivity index is 2.06. The highest BCUT2D eigenvalue weighted by atomic mass is 79.9. The van der Waals surface area contributed by atoms with Crippen molar-refractivity contribution in [1.29, 1.82) is 0 Å². The van der Waals surface area contributed by atoms with Crippen LogP contribution in [0, 0.1) is 0 Å². The van der Waals surface area contributed by atoms with Gasteiger partial charge in [-0.15, -0.1) is 9.19 Å². The molecule has 0 amide bonds. The van der Waals surface area contributed by atoms with E-state index >= 15 is 0 Å². The number of fused-ring (bicyclic) bond motifs is 2. The Morgan fingerprint density at radius 1 is 0.870 bits per heavy atom. The van der Waals surface area contributed by atoms with Crippen LogP contribution < -0.4 is 0 Å². The zero-order valence-electron chi connectivity index (χ0n) is 11.7. The Hall–Kier alpha value is -2.25. The second-order valence-corrected chi connectivity index (χ2v) is 7.61. The average molecular weight is 388 g/mol. The summed E-state index contributed by atoms with van der Waals surface area (Å²) in [5, 5.41) is 9.24. The Kier molecular flexibility index (Phi) is 3.21. The van der Waals surface area contributed by atoms with Gasteiger partial charge in [0.2, 0.25) is 0 Å². The fourth-order valence-corrected chi connectivity index (χ4v) is 4.48. The van der Waals surface area contributed by atoms with Gasteiger partial charge < -0.3 is 0 Å². The lowest BCUT2D eigenvalue weighted by atomic mass is 10.1. The van der Waals surface area contributed by atoms with Gasteiger partial charge in [0.25, 0.3) is 10.0 Å². The topological polar surface area (TPSA) is 64.8 Å². The quantitative estimate of drug-likeness (QED) is 0.527. The molecule has 0 radical (unpaired) electrons. The molecule has 0 spiro atoms. The van der Waals surface area contributed by atoms with Crippen LogP contribution in [-0.2, 0) is 10.0 Å². The lowest BCUT2D eigenvalue weighted by Crippen LogP contribution is -2.15. The van der Waals surface area contributed by atoms with Crippen LogP contribution >= 0.6 is 15.9 Å². The van der Waals surface area contributed by atoms with Crippen molar-refractivity contribution < 1.29 is 8.42 Å². The average Bonchev–Trinajstić information content (AvgIpc) is 3.00. The van der Waals surface area contributed by atoms with E-state index in [-0.39, 0.29) is 4.90 Å². The third-order valence-corrected chi connectivity index (χ3v) is 5.99. The van der Waals surface area contributed by atoms with E-state index < -0.39 is 10.0 Å². The van der Waals surface area contributed by atoms with Gasteiger partial charge in [0.05, 0.1) is 4.90 Å². The Morgan fingerprint density at radius 2 is 1.57 bits per heavy atom. The molecule has 0 N–H and O–H groups in total. The molecule has 3 aromatic carbocycles. The van der Waals surface area contributed by atoms with E-state index in [1.54, 1.807) is 42.5 Å². The maximum absolute atomic E-state index is 13.1. The molecular formula is C16H10BrN3O2S. The van der Waals surface area contributed by atoms with Gasteiger partial charge in [0, 0.05) is 9.86 Å². The van der Waals surface area contributed by atoms with Crippen molar-refractivity contribution in [1.82, 2.24) is 14.4 Å². The van der Waals surface area contributed by atoms with Gasteiger partial charge in [0.1, 0.15) is 11.0 Å². The first-order valence-electron chi connectivity index (χ1n) is 6.82. The summed E-state index contributed by atoms with van der Waals surface area (Å²) in [5.41, 5.74) is 0.997. The van der Waals surface area contributed by atoms with Gasteiger partial charge >= 0.3 is 0 Å². The third-order valence-electron chi connectivity index (χ3n) is 3.66. The molecule has 0 unspecified atom stereocenters. The molecule has 4 aromatic rings. The van der Waals surface area contributed by atoms with E-state index in [4.69, 9.17) is 0 Å². The van der Waals surface area contributed by atoms with Gasteiger partial charge in [-0.1, -0.05) is 57.5 Å². The van der Waals surface area contributed by atoms with Crippen LogP contribution in [0.2, 0.25) is 0 Å². The minimum absolute atomic E-state index is 0.201. The summed E-state index contributed by atoms with van der Waals surface area (Å²) >= 11 is 3.46. The lowest BCUT2D eigenvalue weighted by Gasteiger charge is -2.09. The summed E-state index contributed by atoms with van der Waals surface area (Å²) < 4.78 is 28.0. The van der Waals surface area contributed by atoms with Gasteiger partial charge in [-0.3, -0.25) is 0 Å². The predicted molar refractivity (Wildman–Crippen MR) is 91.8 cm³/mol. The number of hydrogen-bond donors (Lipinski definition) is 0. The molecule has 4 rings (SSSR count). The number of hydrogen-bond acceptors (Lipinski definition) is 4. The minimum Gasteiger partial charge on any atom is -0.199 e. The van der Waals surface area contributed by atoms with E-state index in [0.29, 0.717) is 16.4 Å². The Morgan fingerprint density at radius 3 is 2.39 bits per heavy atom. The van der Waals surface area contributed by atoms with Crippen molar-refractivity contribution in [2.24, 2.45) is 0 Å². The summed E-state index contributed by atoms with van der Waals surface area (Å²) in [7, 11) is -3.84. The van der Waals surface area contributed by atoms with Crippen molar-refractivity contribution in [2.75, 3.05) is 0 Å². The van der Waals surface area contributed by atoms with Gasteiger partial charge in [0.15, 0.2) is 0 Å². The Labute approximate surface area is 140 Å². The van der Waals surface area contributed by atoms with Crippen LogP contribution in [0.25, 0.3) is 21.8 Å². The molecule has 0 saturated carbocycles. The molecule has 0 bridgehead atoms. The third kappa shape index (κ3) is 2.15. The molecule has 0 aliphatic rings. The van der Waals surface area contributed by atoms with Gasteiger partial charge in [-0.25, -0.2) is 0 Å². The highest BCUT2D eigenvalue weighted by Gasteiger charge is 2.23.